The number of carbonyl (C=O) groups excluding carboxylic acids is 2. The fourth-order valence-corrected chi connectivity index (χ4v) is 2.75. The van der Waals surface area contributed by atoms with Gasteiger partial charge in [-0.05, 0) is 37.0 Å². The molecule has 1 atom stereocenters. The number of hydrogen-bond acceptors (Lipinski definition) is 3. The highest BCUT2D eigenvalue weighted by Crippen LogP contribution is 2.19. The van der Waals surface area contributed by atoms with Crippen molar-refractivity contribution in [3.63, 3.8) is 0 Å². The highest BCUT2D eigenvalue weighted by molar-refractivity contribution is 5.88. The van der Waals surface area contributed by atoms with Gasteiger partial charge in [-0.1, -0.05) is 19.1 Å². The molecule has 1 heterocycles. The summed E-state index contributed by atoms with van der Waals surface area (Å²) in [4.78, 5) is 26.1. The number of nitrogens with zero attached hydrogens (tertiary/aromatic N) is 1. The summed E-state index contributed by atoms with van der Waals surface area (Å²) in [6.07, 6.45) is 2.98. The first-order chi connectivity index (χ1) is 10.7. The van der Waals surface area contributed by atoms with Gasteiger partial charge in [-0.25, -0.2) is 0 Å². The van der Waals surface area contributed by atoms with E-state index in [4.69, 9.17) is 4.74 Å². The number of benzene rings is 1. The second-order valence-electron chi connectivity index (χ2n) is 5.56. The first kappa shape index (κ1) is 16.3. The van der Waals surface area contributed by atoms with Crippen molar-refractivity contribution in [2.24, 2.45) is 0 Å². The van der Waals surface area contributed by atoms with E-state index in [2.05, 4.69) is 5.32 Å². The van der Waals surface area contributed by atoms with Crippen molar-refractivity contribution in [2.75, 3.05) is 13.7 Å². The van der Waals surface area contributed by atoms with Gasteiger partial charge < -0.3 is 15.0 Å². The van der Waals surface area contributed by atoms with Crippen LogP contribution in [0.25, 0.3) is 0 Å². The average Bonchev–Trinajstić information content (AvgIpc) is 3.03. The van der Waals surface area contributed by atoms with E-state index >= 15 is 0 Å². The first-order valence-corrected chi connectivity index (χ1v) is 7.85. The Morgan fingerprint density at radius 2 is 2.05 bits per heavy atom. The Morgan fingerprint density at radius 1 is 1.32 bits per heavy atom. The van der Waals surface area contributed by atoms with Crippen molar-refractivity contribution in [2.45, 2.75) is 45.2 Å². The molecule has 1 aliphatic heterocycles. The van der Waals surface area contributed by atoms with Crippen LogP contribution in [0.2, 0.25) is 0 Å². The maximum absolute atomic E-state index is 12.3. The summed E-state index contributed by atoms with van der Waals surface area (Å²) in [5, 5.41) is 2.93. The van der Waals surface area contributed by atoms with E-state index in [1.54, 1.807) is 12.0 Å². The number of nitrogens with one attached hydrogen (secondary N) is 1. The third kappa shape index (κ3) is 4.00. The summed E-state index contributed by atoms with van der Waals surface area (Å²) < 4.78 is 5.11. The molecular weight excluding hydrogens is 280 g/mol. The molecule has 0 aliphatic carbocycles. The van der Waals surface area contributed by atoms with Gasteiger partial charge in [0.1, 0.15) is 11.8 Å². The molecule has 1 fully saturated rings. The number of rotatable bonds is 6. The lowest BCUT2D eigenvalue weighted by Gasteiger charge is -2.23. The van der Waals surface area contributed by atoms with Crippen LogP contribution < -0.4 is 10.1 Å². The number of amides is 2. The monoisotopic (exact) mass is 304 g/mol. The van der Waals surface area contributed by atoms with Crippen molar-refractivity contribution in [3.05, 3.63) is 29.8 Å². The predicted octanol–water partition coefficient (Wildman–Crippen LogP) is 2.10. The minimum atomic E-state index is -0.308. The minimum Gasteiger partial charge on any atom is -0.497 e. The normalized spacial score (nSPS) is 17.4. The van der Waals surface area contributed by atoms with Crippen LogP contribution in [0, 0.1) is 0 Å². The zero-order chi connectivity index (χ0) is 15.9. The van der Waals surface area contributed by atoms with Gasteiger partial charge in [0.2, 0.25) is 11.8 Å². The third-order valence-corrected chi connectivity index (χ3v) is 3.97. The van der Waals surface area contributed by atoms with Crippen LogP contribution in [-0.4, -0.2) is 36.4 Å². The molecule has 5 heteroatoms. The van der Waals surface area contributed by atoms with Crippen LogP contribution in [-0.2, 0) is 16.1 Å². The molecule has 1 unspecified atom stereocenters. The molecule has 1 N–H and O–H groups in total. The van der Waals surface area contributed by atoms with Gasteiger partial charge in [0, 0.05) is 19.5 Å². The lowest BCUT2D eigenvalue weighted by Crippen LogP contribution is -2.45. The zero-order valence-corrected chi connectivity index (χ0v) is 13.3. The Hall–Kier alpha value is -2.04. The maximum atomic E-state index is 12.3. The van der Waals surface area contributed by atoms with E-state index in [1.807, 2.05) is 31.2 Å². The number of hydrogen-bond donors (Lipinski definition) is 1. The Kier molecular flexibility index (Phi) is 5.81. The molecule has 120 valence electrons. The Bertz CT molecular complexity index is 513. The molecule has 22 heavy (non-hydrogen) atoms. The van der Waals surface area contributed by atoms with E-state index in [-0.39, 0.29) is 17.9 Å². The molecule has 2 amide bonds. The molecule has 0 spiro atoms. The summed E-state index contributed by atoms with van der Waals surface area (Å²) in [7, 11) is 1.62. The van der Waals surface area contributed by atoms with Gasteiger partial charge in [-0.3, -0.25) is 9.59 Å². The van der Waals surface area contributed by atoms with Crippen LogP contribution in [0.3, 0.4) is 0 Å². The summed E-state index contributed by atoms with van der Waals surface area (Å²) in [6, 6.07) is 7.28. The smallest absolute Gasteiger partial charge is 0.243 e. The molecule has 1 aromatic rings. The van der Waals surface area contributed by atoms with Gasteiger partial charge in [-0.2, -0.15) is 0 Å². The topological polar surface area (TPSA) is 58.6 Å². The highest BCUT2D eigenvalue weighted by Gasteiger charge is 2.33. The molecule has 1 aromatic carbocycles. The third-order valence-electron chi connectivity index (χ3n) is 3.97. The number of likely N-dealkylation sites (tertiary alicyclic amines) is 1. The van der Waals surface area contributed by atoms with Gasteiger partial charge >= 0.3 is 0 Å². The predicted molar refractivity (Wildman–Crippen MR) is 84.5 cm³/mol. The molecule has 2 rings (SSSR count). The zero-order valence-electron chi connectivity index (χ0n) is 13.3. The molecule has 0 aromatic heterocycles. The average molecular weight is 304 g/mol. The van der Waals surface area contributed by atoms with Crippen molar-refractivity contribution in [1.29, 1.82) is 0 Å². The first-order valence-electron chi connectivity index (χ1n) is 7.85. The standard InChI is InChI=1S/C17H24N2O3/c1-3-5-16(20)19-11-4-6-15(19)17(21)18-12-13-7-9-14(22-2)10-8-13/h7-10,15H,3-6,11-12H2,1-2H3,(H,18,21). The van der Waals surface area contributed by atoms with Crippen molar-refractivity contribution >= 4 is 11.8 Å². The summed E-state index contributed by atoms with van der Waals surface area (Å²) in [5.41, 5.74) is 1.01. The fraction of sp³-hybridized carbons (Fsp3) is 0.529. The Morgan fingerprint density at radius 3 is 2.68 bits per heavy atom. The van der Waals surface area contributed by atoms with Crippen LogP contribution in [0.5, 0.6) is 5.75 Å². The van der Waals surface area contributed by atoms with Crippen molar-refractivity contribution < 1.29 is 14.3 Å². The van der Waals surface area contributed by atoms with E-state index < -0.39 is 0 Å². The SMILES string of the molecule is CCCC(=O)N1CCCC1C(=O)NCc1ccc(OC)cc1. The maximum Gasteiger partial charge on any atom is 0.243 e. The van der Waals surface area contributed by atoms with E-state index in [0.717, 1.165) is 30.6 Å². The number of ether oxygens (including phenoxy) is 1. The van der Waals surface area contributed by atoms with Gasteiger partial charge in [0.15, 0.2) is 0 Å². The molecule has 0 saturated carbocycles. The van der Waals surface area contributed by atoms with Crippen molar-refractivity contribution in [3.8, 4) is 5.75 Å². The van der Waals surface area contributed by atoms with Gasteiger partial charge in [-0.15, -0.1) is 0 Å². The van der Waals surface area contributed by atoms with E-state index in [9.17, 15) is 9.59 Å². The quantitative estimate of drug-likeness (QED) is 0.875. The summed E-state index contributed by atoms with van der Waals surface area (Å²) in [6.45, 7) is 3.14. The van der Waals surface area contributed by atoms with E-state index in [1.165, 1.54) is 0 Å². The molecule has 5 nitrogen and oxygen atoms in total. The summed E-state index contributed by atoms with van der Waals surface area (Å²) in [5.74, 6) is 0.824. The highest BCUT2D eigenvalue weighted by atomic mass is 16.5. The second-order valence-corrected chi connectivity index (χ2v) is 5.56. The van der Waals surface area contributed by atoms with Crippen LogP contribution >= 0.6 is 0 Å². The lowest BCUT2D eigenvalue weighted by atomic mass is 10.1. The number of carbonyl (C=O) groups is 2. The largest absolute Gasteiger partial charge is 0.497 e. The fourth-order valence-electron chi connectivity index (χ4n) is 2.75. The van der Waals surface area contributed by atoms with Crippen molar-refractivity contribution in [1.82, 2.24) is 10.2 Å². The Balaban J connectivity index is 1.89. The van der Waals surface area contributed by atoms with Crippen LogP contribution in [0.15, 0.2) is 24.3 Å². The van der Waals surface area contributed by atoms with Crippen LogP contribution in [0.1, 0.15) is 38.2 Å². The summed E-state index contributed by atoms with van der Waals surface area (Å²) >= 11 is 0. The number of methoxy groups -OCH3 is 1. The van der Waals surface area contributed by atoms with E-state index in [0.29, 0.717) is 19.5 Å². The molecule has 1 saturated heterocycles. The minimum absolute atomic E-state index is 0.0576. The van der Waals surface area contributed by atoms with Gasteiger partial charge in [0.05, 0.1) is 7.11 Å². The molecule has 0 bridgehead atoms. The van der Waals surface area contributed by atoms with Gasteiger partial charge in [0.25, 0.3) is 0 Å². The van der Waals surface area contributed by atoms with Crippen LogP contribution in [0.4, 0.5) is 0 Å². The second kappa shape index (κ2) is 7.82. The molecule has 0 radical (unpaired) electrons. The molecular formula is C17H24N2O3. The lowest BCUT2D eigenvalue weighted by molar-refractivity contribution is -0.138. The Labute approximate surface area is 131 Å². The molecule has 1 aliphatic rings.